The lowest BCUT2D eigenvalue weighted by molar-refractivity contribution is 0.240. The third-order valence-electron chi connectivity index (χ3n) is 4.11. The normalized spacial score (nSPS) is 12.3. The van der Waals surface area contributed by atoms with Gasteiger partial charge in [-0.3, -0.25) is 0 Å². The van der Waals surface area contributed by atoms with Crippen LogP contribution in [0.5, 0.6) is 5.75 Å². The molecule has 2 rings (SSSR count). The minimum Gasteiger partial charge on any atom is -0.489 e. The number of benzene rings is 2. The second-order valence-electron chi connectivity index (χ2n) is 8.61. The summed E-state index contributed by atoms with van der Waals surface area (Å²) in [5, 5.41) is 4.00. The summed E-state index contributed by atoms with van der Waals surface area (Å²) in [7, 11) is 0. The molecule has 0 saturated carbocycles. The van der Waals surface area contributed by atoms with E-state index < -0.39 is 0 Å². The Labute approximate surface area is 161 Å². The maximum absolute atomic E-state index is 13.8. The Hall–Kier alpha value is -1.58. The molecule has 142 valence electrons. The zero-order valence-corrected chi connectivity index (χ0v) is 17.1. The monoisotopic (exact) mass is 377 g/mol. The second kappa shape index (κ2) is 8.41. The van der Waals surface area contributed by atoms with E-state index in [4.69, 9.17) is 16.3 Å². The number of nitrogens with one attached hydrogen (secondary N) is 1. The maximum Gasteiger partial charge on any atom is 0.131 e. The van der Waals surface area contributed by atoms with Crippen molar-refractivity contribution in [2.45, 2.75) is 59.7 Å². The number of rotatable bonds is 7. The van der Waals surface area contributed by atoms with Crippen LogP contribution in [0.1, 0.15) is 52.2 Å². The van der Waals surface area contributed by atoms with Crippen molar-refractivity contribution in [3.05, 3.63) is 64.4 Å². The van der Waals surface area contributed by atoms with Gasteiger partial charge in [0, 0.05) is 17.6 Å². The Morgan fingerprint density at radius 3 is 2.23 bits per heavy atom. The van der Waals surface area contributed by atoms with Gasteiger partial charge in [-0.1, -0.05) is 50.6 Å². The van der Waals surface area contributed by atoms with Crippen molar-refractivity contribution in [3.63, 3.8) is 0 Å². The fourth-order valence-corrected chi connectivity index (χ4v) is 3.48. The van der Waals surface area contributed by atoms with Crippen LogP contribution in [0, 0.1) is 11.2 Å². The average molecular weight is 378 g/mol. The molecule has 0 amide bonds. The van der Waals surface area contributed by atoms with Gasteiger partial charge in [-0.15, -0.1) is 0 Å². The van der Waals surface area contributed by atoms with Crippen molar-refractivity contribution in [3.8, 4) is 5.75 Å². The Balaban J connectivity index is 1.90. The van der Waals surface area contributed by atoms with Crippen LogP contribution in [-0.2, 0) is 13.2 Å². The van der Waals surface area contributed by atoms with Crippen molar-refractivity contribution >= 4 is 11.6 Å². The van der Waals surface area contributed by atoms with Crippen LogP contribution in [-0.4, -0.2) is 5.54 Å². The van der Waals surface area contributed by atoms with Gasteiger partial charge in [0.1, 0.15) is 18.2 Å². The van der Waals surface area contributed by atoms with Gasteiger partial charge in [0.2, 0.25) is 0 Å². The molecule has 1 N–H and O–H groups in total. The molecule has 0 aliphatic heterocycles. The lowest BCUT2D eigenvalue weighted by atomic mass is 9.82. The van der Waals surface area contributed by atoms with E-state index >= 15 is 0 Å². The summed E-state index contributed by atoms with van der Waals surface area (Å²) in [4.78, 5) is 0. The van der Waals surface area contributed by atoms with Gasteiger partial charge in [0.25, 0.3) is 0 Å². The zero-order chi connectivity index (χ0) is 19.4. The van der Waals surface area contributed by atoms with Crippen molar-refractivity contribution in [2.24, 2.45) is 5.41 Å². The lowest BCUT2D eigenvalue weighted by Crippen LogP contribution is -2.41. The molecule has 2 nitrogen and oxygen atoms in total. The summed E-state index contributed by atoms with van der Waals surface area (Å²) in [6.45, 7) is 12.1. The predicted molar refractivity (Wildman–Crippen MR) is 107 cm³/mol. The molecule has 0 fully saturated rings. The summed E-state index contributed by atoms with van der Waals surface area (Å²) in [5.41, 5.74) is 1.91. The Kier molecular flexibility index (Phi) is 6.70. The van der Waals surface area contributed by atoms with E-state index in [1.54, 1.807) is 12.1 Å². The lowest BCUT2D eigenvalue weighted by Gasteiger charge is -2.33. The second-order valence-corrected chi connectivity index (χ2v) is 9.01. The van der Waals surface area contributed by atoms with Gasteiger partial charge in [-0.25, -0.2) is 4.39 Å². The predicted octanol–water partition coefficient (Wildman–Crippen LogP) is 6.36. The van der Waals surface area contributed by atoms with Crippen molar-refractivity contribution in [1.29, 1.82) is 0 Å². The van der Waals surface area contributed by atoms with Gasteiger partial charge in [-0.2, -0.15) is 0 Å². The van der Waals surface area contributed by atoms with E-state index in [0.29, 0.717) is 16.3 Å². The molecular weight excluding hydrogens is 349 g/mol. The topological polar surface area (TPSA) is 21.3 Å². The average Bonchev–Trinajstić information content (AvgIpc) is 2.51. The molecule has 0 radical (unpaired) electrons. The highest BCUT2D eigenvalue weighted by atomic mass is 35.5. The van der Waals surface area contributed by atoms with Gasteiger partial charge in [0.05, 0.1) is 5.02 Å². The first kappa shape index (κ1) is 20.7. The summed E-state index contributed by atoms with van der Waals surface area (Å²) in [6, 6.07) is 12.5. The number of hydrogen-bond donors (Lipinski definition) is 1. The van der Waals surface area contributed by atoms with E-state index in [1.807, 2.05) is 24.3 Å². The standard InChI is InChI=1S/C22H29ClFNO/c1-21(2,3)15-22(4,5)25-13-16-9-11-17(12-10-16)26-14-18-19(23)7-6-8-20(18)24/h6-12,25H,13-15H2,1-5H3. The van der Waals surface area contributed by atoms with E-state index in [2.05, 4.69) is 39.9 Å². The highest BCUT2D eigenvalue weighted by Crippen LogP contribution is 2.27. The van der Waals surface area contributed by atoms with Crippen LogP contribution in [0.4, 0.5) is 4.39 Å². The molecule has 4 heteroatoms. The summed E-state index contributed by atoms with van der Waals surface area (Å²) < 4.78 is 19.4. The highest BCUT2D eigenvalue weighted by Gasteiger charge is 2.24. The van der Waals surface area contributed by atoms with E-state index in [1.165, 1.54) is 11.6 Å². The summed E-state index contributed by atoms with van der Waals surface area (Å²) in [5.74, 6) is 0.349. The minimum absolute atomic E-state index is 0.0645. The fourth-order valence-electron chi connectivity index (χ4n) is 3.26. The van der Waals surface area contributed by atoms with E-state index in [0.717, 1.165) is 13.0 Å². The molecule has 0 bridgehead atoms. The van der Waals surface area contributed by atoms with Crippen LogP contribution in [0.2, 0.25) is 5.02 Å². The van der Waals surface area contributed by atoms with Gasteiger partial charge >= 0.3 is 0 Å². The van der Waals surface area contributed by atoms with Gasteiger partial charge in [0.15, 0.2) is 0 Å². The largest absolute Gasteiger partial charge is 0.489 e. The molecule has 0 aromatic heterocycles. The molecule has 2 aromatic carbocycles. The Bertz CT molecular complexity index is 700. The zero-order valence-electron chi connectivity index (χ0n) is 16.3. The first-order valence-electron chi connectivity index (χ1n) is 8.95. The molecule has 26 heavy (non-hydrogen) atoms. The molecule has 2 aromatic rings. The third-order valence-corrected chi connectivity index (χ3v) is 4.47. The highest BCUT2D eigenvalue weighted by molar-refractivity contribution is 6.31. The van der Waals surface area contributed by atoms with E-state index in [-0.39, 0.29) is 23.4 Å². The Morgan fingerprint density at radius 1 is 1.00 bits per heavy atom. The molecule has 0 atom stereocenters. The number of ether oxygens (including phenoxy) is 1. The fraction of sp³-hybridized carbons (Fsp3) is 0.455. The summed E-state index contributed by atoms with van der Waals surface area (Å²) in [6.07, 6.45) is 1.09. The van der Waals surface area contributed by atoms with Crippen LogP contribution in [0.25, 0.3) is 0 Å². The smallest absolute Gasteiger partial charge is 0.131 e. The van der Waals surface area contributed by atoms with Gasteiger partial charge < -0.3 is 10.1 Å². The van der Waals surface area contributed by atoms with Gasteiger partial charge in [-0.05, 0) is 55.5 Å². The molecule has 0 aliphatic rings. The molecule has 0 spiro atoms. The summed E-state index contributed by atoms with van der Waals surface area (Å²) >= 11 is 6.02. The van der Waals surface area contributed by atoms with Crippen LogP contribution in [0.3, 0.4) is 0 Å². The van der Waals surface area contributed by atoms with Crippen LogP contribution < -0.4 is 10.1 Å². The van der Waals surface area contributed by atoms with Crippen molar-refractivity contribution in [2.75, 3.05) is 0 Å². The SMILES string of the molecule is CC(C)(C)CC(C)(C)NCc1ccc(OCc2c(F)cccc2Cl)cc1. The maximum atomic E-state index is 13.8. The third kappa shape index (κ3) is 6.62. The molecule has 0 heterocycles. The molecule has 0 saturated heterocycles. The number of halogens is 2. The first-order chi connectivity index (χ1) is 12.1. The van der Waals surface area contributed by atoms with Crippen molar-refractivity contribution in [1.82, 2.24) is 5.32 Å². The first-order valence-corrected chi connectivity index (χ1v) is 9.33. The minimum atomic E-state index is -0.348. The number of hydrogen-bond acceptors (Lipinski definition) is 2. The Morgan fingerprint density at radius 2 is 1.65 bits per heavy atom. The molecule has 0 unspecified atom stereocenters. The van der Waals surface area contributed by atoms with Crippen molar-refractivity contribution < 1.29 is 9.13 Å². The molecular formula is C22H29ClFNO. The molecule has 0 aliphatic carbocycles. The van der Waals surface area contributed by atoms with Crippen LogP contribution in [0.15, 0.2) is 42.5 Å². The van der Waals surface area contributed by atoms with E-state index in [9.17, 15) is 4.39 Å². The quantitative estimate of drug-likeness (QED) is 0.605. The van der Waals surface area contributed by atoms with Crippen LogP contribution >= 0.6 is 11.6 Å².